The molecular weight excluding hydrogens is 512 g/mol. The molecule has 2 rings (SSSR count). The summed E-state index contributed by atoms with van der Waals surface area (Å²) in [7, 11) is 0. The molecule has 0 aromatic carbocycles. The van der Waals surface area contributed by atoms with Crippen LogP contribution < -0.4 is 0 Å². The molecule has 2 N–H and O–H groups in total. The molecule has 0 aromatic heterocycles. The lowest BCUT2D eigenvalue weighted by Crippen LogP contribution is -2.39. The highest BCUT2D eigenvalue weighted by Gasteiger charge is 2.40. The number of allylic oxidation sites excluding steroid dienone is 9. The zero-order chi connectivity index (χ0) is 31.5. The molecule has 42 heavy (non-hydrogen) atoms. The number of rotatable bonds is 15. The van der Waals surface area contributed by atoms with Crippen LogP contribution in [0.25, 0.3) is 0 Å². The van der Waals surface area contributed by atoms with Crippen LogP contribution in [0.5, 0.6) is 0 Å². The minimum Gasteiger partial charge on any atom is -0.393 e. The monoisotopic (exact) mass is 581 g/mol. The molecule has 0 bridgehead atoms. The number of hydrogen-bond donors (Lipinski definition) is 2. The van der Waals surface area contributed by atoms with Gasteiger partial charge in [-0.05, 0) is 133 Å². The number of aliphatic hydroxyl groups is 2. The Labute approximate surface area is 261 Å². The molecule has 240 valence electrons. The number of aliphatic hydroxyl groups excluding tert-OH is 2. The van der Waals surface area contributed by atoms with Crippen molar-refractivity contribution < 1.29 is 10.2 Å². The molecule has 0 saturated heterocycles. The quantitative estimate of drug-likeness (QED) is 0.149. The zero-order valence-corrected chi connectivity index (χ0v) is 29.4. The second-order valence-electron chi connectivity index (χ2n) is 15.9. The molecule has 0 heterocycles. The summed E-state index contributed by atoms with van der Waals surface area (Å²) in [5.41, 5.74) is 7.84. The van der Waals surface area contributed by atoms with E-state index in [0.29, 0.717) is 11.8 Å². The lowest BCUT2D eigenvalue weighted by Gasteiger charge is -2.45. The molecule has 1 saturated carbocycles. The van der Waals surface area contributed by atoms with Crippen LogP contribution >= 0.6 is 0 Å². The van der Waals surface area contributed by atoms with E-state index in [1.165, 1.54) is 67.2 Å². The van der Waals surface area contributed by atoms with Gasteiger partial charge in [0.25, 0.3) is 0 Å². The van der Waals surface area contributed by atoms with Crippen molar-refractivity contribution in [3.8, 4) is 0 Å². The van der Waals surface area contributed by atoms with Crippen LogP contribution in [0.1, 0.15) is 153 Å². The van der Waals surface area contributed by atoms with Gasteiger partial charge in [-0.2, -0.15) is 0 Å². The maximum absolute atomic E-state index is 10.2. The second-order valence-corrected chi connectivity index (χ2v) is 15.9. The van der Waals surface area contributed by atoms with Gasteiger partial charge in [0.05, 0.1) is 12.2 Å². The van der Waals surface area contributed by atoms with Crippen LogP contribution in [0.3, 0.4) is 0 Å². The zero-order valence-electron chi connectivity index (χ0n) is 29.4. The van der Waals surface area contributed by atoms with Crippen molar-refractivity contribution in [2.75, 3.05) is 0 Å². The van der Waals surface area contributed by atoms with Crippen molar-refractivity contribution in [1.29, 1.82) is 0 Å². The first kappa shape index (κ1) is 36.8. The van der Waals surface area contributed by atoms with Crippen molar-refractivity contribution in [3.05, 3.63) is 58.2 Å². The van der Waals surface area contributed by atoms with E-state index in [2.05, 4.69) is 99.6 Å². The third-order valence-corrected chi connectivity index (χ3v) is 10.6. The van der Waals surface area contributed by atoms with E-state index >= 15 is 0 Å². The fourth-order valence-corrected chi connectivity index (χ4v) is 8.17. The minimum atomic E-state index is -0.160. The third-order valence-electron chi connectivity index (χ3n) is 10.6. The summed E-state index contributed by atoms with van der Waals surface area (Å²) < 4.78 is 0. The molecule has 0 amide bonds. The molecule has 5 atom stereocenters. The van der Waals surface area contributed by atoms with Gasteiger partial charge in [-0.15, -0.1) is 0 Å². The second kappa shape index (κ2) is 17.2. The first-order chi connectivity index (χ1) is 19.6. The summed E-state index contributed by atoms with van der Waals surface area (Å²) in [6.45, 7) is 23.1. The van der Waals surface area contributed by atoms with Gasteiger partial charge in [-0.1, -0.05) is 106 Å². The average molecular weight is 581 g/mol. The lowest BCUT2D eigenvalue weighted by molar-refractivity contribution is -0.0150. The Morgan fingerprint density at radius 2 is 1.52 bits per heavy atom. The van der Waals surface area contributed by atoms with Crippen LogP contribution in [0.2, 0.25) is 0 Å². The summed E-state index contributed by atoms with van der Waals surface area (Å²) in [4.78, 5) is 0. The summed E-state index contributed by atoms with van der Waals surface area (Å²) in [6, 6.07) is 0. The van der Waals surface area contributed by atoms with E-state index in [9.17, 15) is 10.2 Å². The maximum Gasteiger partial charge on any atom is 0.0585 e. The summed E-state index contributed by atoms with van der Waals surface area (Å²) in [5.74, 6) is 2.06. The predicted octanol–water partition coefficient (Wildman–Crippen LogP) is 11.5. The highest BCUT2D eigenvalue weighted by molar-refractivity contribution is 5.24. The molecule has 0 spiro atoms. The van der Waals surface area contributed by atoms with E-state index in [1.54, 1.807) is 5.57 Å². The molecule has 0 radical (unpaired) electrons. The van der Waals surface area contributed by atoms with Crippen molar-refractivity contribution in [2.24, 2.45) is 28.6 Å². The summed E-state index contributed by atoms with van der Waals surface area (Å²) in [5, 5.41) is 20.3. The summed E-state index contributed by atoms with van der Waals surface area (Å²) in [6.07, 6.45) is 25.7. The fourth-order valence-electron chi connectivity index (χ4n) is 8.17. The molecule has 1 unspecified atom stereocenters. The molecule has 2 heteroatoms. The van der Waals surface area contributed by atoms with Crippen LogP contribution in [0, 0.1) is 28.6 Å². The van der Waals surface area contributed by atoms with E-state index in [1.807, 2.05) is 0 Å². The Morgan fingerprint density at radius 3 is 2.14 bits per heavy atom. The third kappa shape index (κ3) is 12.7. The van der Waals surface area contributed by atoms with Gasteiger partial charge in [-0.25, -0.2) is 0 Å². The average Bonchev–Trinajstić information content (AvgIpc) is 2.84. The standard InChI is InChI=1S/C40H68O2/c1-29(17-13-19-31(3)21-23-37-33(5)25-35(41)27-39(37,7)8)15-11-12-16-30(2)18-14-20-32(4)22-24-38-34(6)26-36(42)28-40(38,9)10/h11-12,15-16,19,32-33,35-37,41-42H,13-14,17-18,20-28H2,1-10H3/b12-11-,29-15-,30-16-,31-19-/t32?,33-,35-,36-,37+/m0/s1. The molecule has 0 aliphatic heterocycles. The first-order valence-electron chi connectivity index (χ1n) is 17.3. The molecule has 2 nitrogen and oxygen atoms in total. The van der Waals surface area contributed by atoms with E-state index in [4.69, 9.17) is 0 Å². The van der Waals surface area contributed by atoms with Crippen molar-refractivity contribution in [1.82, 2.24) is 0 Å². The van der Waals surface area contributed by atoms with Gasteiger partial charge in [0.1, 0.15) is 0 Å². The minimum absolute atomic E-state index is 0.116. The summed E-state index contributed by atoms with van der Waals surface area (Å²) >= 11 is 0. The Balaban J connectivity index is 1.66. The van der Waals surface area contributed by atoms with Crippen molar-refractivity contribution in [3.63, 3.8) is 0 Å². The SMILES string of the molecule is CC1=C(CCC(C)CCC\C(C)=C/C=C\C=C(\C)CC/C=C(/C)CC[C@@H]2[C@@H](C)C[C@H](O)CC2(C)C)C(C)(C)C[C@@H](O)C1. The van der Waals surface area contributed by atoms with Crippen LogP contribution in [0.15, 0.2) is 58.2 Å². The lowest BCUT2D eigenvalue weighted by atomic mass is 9.61. The molecular formula is C40H68O2. The smallest absolute Gasteiger partial charge is 0.0585 e. The van der Waals surface area contributed by atoms with Crippen molar-refractivity contribution >= 4 is 0 Å². The van der Waals surface area contributed by atoms with Gasteiger partial charge in [0, 0.05) is 0 Å². The van der Waals surface area contributed by atoms with Gasteiger partial charge in [-0.3, -0.25) is 0 Å². The van der Waals surface area contributed by atoms with Gasteiger partial charge < -0.3 is 10.2 Å². The van der Waals surface area contributed by atoms with Crippen LogP contribution in [0.4, 0.5) is 0 Å². The molecule has 1 fully saturated rings. The van der Waals surface area contributed by atoms with Gasteiger partial charge >= 0.3 is 0 Å². The largest absolute Gasteiger partial charge is 0.393 e. The highest BCUT2D eigenvalue weighted by atomic mass is 16.3. The molecule has 2 aliphatic carbocycles. The Kier molecular flexibility index (Phi) is 15.1. The van der Waals surface area contributed by atoms with E-state index in [-0.39, 0.29) is 23.0 Å². The van der Waals surface area contributed by atoms with Crippen LogP contribution in [-0.4, -0.2) is 22.4 Å². The number of hydrogen-bond acceptors (Lipinski definition) is 2. The normalized spacial score (nSPS) is 28.0. The maximum atomic E-state index is 10.2. The predicted molar refractivity (Wildman–Crippen MR) is 185 cm³/mol. The Hall–Kier alpha value is -1.38. The van der Waals surface area contributed by atoms with E-state index in [0.717, 1.165) is 44.4 Å². The van der Waals surface area contributed by atoms with Gasteiger partial charge in [0.2, 0.25) is 0 Å². The topological polar surface area (TPSA) is 40.5 Å². The highest BCUT2D eigenvalue weighted by Crippen LogP contribution is 2.46. The first-order valence-corrected chi connectivity index (χ1v) is 17.3. The Morgan fingerprint density at radius 1 is 0.881 bits per heavy atom. The van der Waals surface area contributed by atoms with Crippen molar-refractivity contribution in [2.45, 2.75) is 165 Å². The Bertz CT molecular complexity index is 985. The van der Waals surface area contributed by atoms with Crippen LogP contribution in [-0.2, 0) is 0 Å². The molecule has 0 aromatic rings. The van der Waals surface area contributed by atoms with E-state index < -0.39 is 0 Å². The fraction of sp³-hybridized carbons (Fsp3) is 0.750. The van der Waals surface area contributed by atoms with Gasteiger partial charge in [0.15, 0.2) is 0 Å². The molecule has 2 aliphatic rings.